The fourth-order valence-electron chi connectivity index (χ4n) is 5.28. The normalized spacial score (nSPS) is 18.5. The predicted octanol–water partition coefficient (Wildman–Crippen LogP) is 2.13. The lowest BCUT2D eigenvalue weighted by Crippen LogP contribution is -2.58. The van der Waals surface area contributed by atoms with Gasteiger partial charge < -0.3 is 29.7 Å². The standard InChI is InChI=1S/C31H30FN7O6/c1-38-36-29(35-37-38)19-3-5-20(6-4-19)31(42)39-10-9-25-24(16-39)34-30(41)21-7-8-26(43-2)27(13-21)44-17-28(40)33-15-18-11-22(32)14-23(12-18)45-25/h3-8,11-14,24-25H,9-10,15-17H2,1-2H3,(H,33,40)(H,34,41)/t24-,25+/m0/s1. The molecule has 232 valence electrons. The maximum absolute atomic E-state index is 14.6. The number of nitrogens with zero attached hydrogens (tertiary/aromatic N) is 5. The highest BCUT2D eigenvalue weighted by Crippen LogP contribution is 2.29. The third kappa shape index (κ3) is 6.69. The average Bonchev–Trinajstić information content (AvgIpc) is 3.48. The molecule has 2 aliphatic heterocycles. The first kappa shape index (κ1) is 29.5. The van der Waals surface area contributed by atoms with Crippen molar-refractivity contribution in [2.75, 3.05) is 26.8 Å². The van der Waals surface area contributed by atoms with Gasteiger partial charge in [-0.05, 0) is 53.2 Å². The lowest BCUT2D eigenvalue weighted by molar-refractivity contribution is -0.123. The number of likely N-dealkylation sites (tertiary alicyclic amines) is 1. The maximum Gasteiger partial charge on any atom is 0.258 e. The van der Waals surface area contributed by atoms with Crippen LogP contribution in [0.2, 0.25) is 0 Å². The Hall–Kier alpha value is -5.53. The Morgan fingerprint density at radius 1 is 1.07 bits per heavy atom. The topological polar surface area (TPSA) is 150 Å². The van der Waals surface area contributed by atoms with Gasteiger partial charge in [0.1, 0.15) is 17.7 Å². The summed E-state index contributed by atoms with van der Waals surface area (Å²) < 4.78 is 31.8. The van der Waals surface area contributed by atoms with E-state index in [9.17, 15) is 18.8 Å². The van der Waals surface area contributed by atoms with Crippen molar-refractivity contribution in [2.45, 2.75) is 25.1 Å². The van der Waals surface area contributed by atoms with Gasteiger partial charge in [-0.2, -0.15) is 4.80 Å². The van der Waals surface area contributed by atoms with Crippen LogP contribution in [0.15, 0.2) is 60.7 Å². The molecular weight excluding hydrogens is 585 g/mol. The highest BCUT2D eigenvalue weighted by atomic mass is 19.1. The van der Waals surface area contributed by atoms with Gasteiger partial charge in [-0.3, -0.25) is 14.4 Å². The number of methoxy groups -OCH3 is 1. The number of hydrogen-bond donors (Lipinski definition) is 2. The van der Waals surface area contributed by atoms with Crippen LogP contribution in [-0.2, 0) is 18.4 Å². The zero-order valence-corrected chi connectivity index (χ0v) is 24.5. The first-order valence-electron chi connectivity index (χ1n) is 14.2. The molecule has 4 aromatic rings. The summed E-state index contributed by atoms with van der Waals surface area (Å²) in [6.45, 7) is 0.174. The lowest BCUT2D eigenvalue weighted by atomic mass is 9.99. The van der Waals surface area contributed by atoms with Crippen LogP contribution in [0.1, 0.15) is 32.7 Å². The second-order valence-electron chi connectivity index (χ2n) is 10.7. The number of rotatable bonds is 3. The van der Waals surface area contributed by atoms with E-state index >= 15 is 0 Å². The number of aromatic nitrogens is 4. The zero-order valence-electron chi connectivity index (χ0n) is 24.5. The van der Waals surface area contributed by atoms with E-state index in [2.05, 4.69) is 26.0 Å². The van der Waals surface area contributed by atoms with Crippen molar-refractivity contribution in [1.29, 1.82) is 0 Å². The summed E-state index contributed by atoms with van der Waals surface area (Å²) in [7, 11) is 3.12. The SMILES string of the molecule is COc1ccc2cc1OCC(=O)NCc1cc(F)cc(c1)O[C@@H]1CCN(C(=O)c3ccc(-c4nnn(C)n4)cc3)C[C@@H]1NC2=O. The molecule has 14 heteroatoms. The van der Waals surface area contributed by atoms with Gasteiger partial charge in [0.25, 0.3) is 17.7 Å². The molecule has 3 heterocycles. The molecule has 2 N–H and O–H groups in total. The van der Waals surface area contributed by atoms with Crippen LogP contribution < -0.4 is 24.8 Å². The molecule has 1 saturated heterocycles. The van der Waals surface area contributed by atoms with E-state index in [1.165, 1.54) is 30.1 Å². The Morgan fingerprint density at radius 2 is 1.87 bits per heavy atom. The fraction of sp³-hybridized carbons (Fsp3) is 0.290. The van der Waals surface area contributed by atoms with Crippen LogP contribution >= 0.6 is 0 Å². The fourth-order valence-corrected chi connectivity index (χ4v) is 5.28. The molecule has 0 spiro atoms. The third-order valence-electron chi connectivity index (χ3n) is 7.54. The Kier molecular flexibility index (Phi) is 8.27. The molecule has 0 unspecified atom stereocenters. The summed E-state index contributed by atoms with van der Waals surface area (Å²) in [4.78, 5) is 42.5. The van der Waals surface area contributed by atoms with Gasteiger partial charge in [0.15, 0.2) is 18.1 Å². The van der Waals surface area contributed by atoms with Crippen molar-refractivity contribution in [3.05, 3.63) is 83.2 Å². The Labute approximate surface area is 257 Å². The van der Waals surface area contributed by atoms with E-state index in [4.69, 9.17) is 14.2 Å². The molecule has 4 bridgehead atoms. The summed E-state index contributed by atoms with van der Waals surface area (Å²) in [5.74, 6) is -0.430. The van der Waals surface area contributed by atoms with Crippen LogP contribution in [0, 0.1) is 5.82 Å². The van der Waals surface area contributed by atoms with Crippen molar-refractivity contribution < 1.29 is 33.0 Å². The number of amides is 3. The highest BCUT2D eigenvalue weighted by molar-refractivity contribution is 5.96. The number of piperidine rings is 1. The van der Waals surface area contributed by atoms with Crippen LogP contribution in [-0.4, -0.2) is 81.8 Å². The van der Waals surface area contributed by atoms with Gasteiger partial charge in [-0.25, -0.2) is 4.39 Å². The molecule has 0 radical (unpaired) electrons. The van der Waals surface area contributed by atoms with Gasteiger partial charge in [-0.15, -0.1) is 10.2 Å². The van der Waals surface area contributed by atoms with E-state index in [1.54, 1.807) is 54.4 Å². The number of fused-ring (bicyclic) bond motifs is 5. The monoisotopic (exact) mass is 615 g/mol. The Balaban J connectivity index is 1.27. The first-order valence-corrected chi connectivity index (χ1v) is 14.2. The van der Waals surface area contributed by atoms with Gasteiger partial charge in [0, 0.05) is 48.8 Å². The van der Waals surface area contributed by atoms with E-state index in [-0.39, 0.29) is 42.7 Å². The molecule has 13 nitrogen and oxygen atoms in total. The zero-order chi connectivity index (χ0) is 31.5. The lowest BCUT2D eigenvalue weighted by Gasteiger charge is -2.39. The largest absolute Gasteiger partial charge is 0.493 e. The number of benzene rings is 3. The minimum absolute atomic E-state index is 0.0479. The summed E-state index contributed by atoms with van der Waals surface area (Å²) in [6.07, 6.45) is -0.230. The summed E-state index contributed by atoms with van der Waals surface area (Å²) in [5.41, 5.74) is 1.91. The van der Waals surface area contributed by atoms with Crippen molar-refractivity contribution in [3.8, 4) is 28.6 Å². The number of ether oxygens (including phenoxy) is 3. The molecule has 2 atom stereocenters. The van der Waals surface area contributed by atoms with Crippen LogP contribution in [0.5, 0.6) is 17.2 Å². The highest BCUT2D eigenvalue weighted by Gasteiger charge is 2.35. The molecule has 6 rings (SSSR count). The molecule has 3 amide bonds. The Bertz CT molecular complexity index is 1740. The maximum atomic E-state index is 14.6. The number of aryl methyl sites for hydroxylation is 1. The number of carbonyl (C=O) groups is 3. The van der Waals surface area contributed by atoms with E-state index in [0.29, 0.717) is 41.2 Å². The Morgan fingerprint density at radius 3 is 2.62 bits per heavy atom. The molecule has 45 heavy (non-hydrogen) atoms. The predicted molar refractivity (Wildman–Crippen MR) is 157 cm³/mol. The second kappa shape index (κ2) is 12.6. The number of hydrogen-bond acceptors (Lipinski definition) is 9. The summed E-state index contributed by atoms with van der Waals surface area (Å²) >= 11 is 0. The van der Waals surface area contributed by atoms with Crippen LogP contribution in [0.4, 0.5) is 4.39 Å². The minimum atomic E-state index is -0.649. The first-order chi connectivity index (χ1) is 21.7. The smallest absolute Gasteiger partial charge is 0.258 e. The molecule has 0 saturated carbocycles. The number of nitrogens with one attached hydrogen (secondary N) is 2. The van der Waals surface area contributed by atoms with Gasteiger partial charge in [0.2, 0.25) is 5.82 Å². The van der Waals surface area contributed by atoms with E-state index < -0.39 is 29.8 Å². The molecule has 2 aliphatic rings. The number of carbonyl (C=O) groups excluding carboxylic acids is 3. The van der Waals surface area contributed by atoms with Gasteiger partial charge in [-0.1, -0.05) is 12.1 Å². The third-order valence-corrected chi connectivity index (χ3v) is 7.54. The van der Waals surface area contributed by atoms with Crippen LogP contribution in [0.3, 0.4) is 0 Å². The van der Waals surface area contributed by atoms with E-state index in [1.807, 2.05) is 0 Å². The van der Waals surface area contributed by atoms with Crippen molar-refractivity contribution in [1.82, 2.24) is 35.7 Å². The molecule has 1 aromatic heterocycles. The van der Waals surface area contributed by atoms with Crippen LogP contribution in [0.25, 0.3) is 11.4 Å². The number of tetrazole rings is 1. The van der Waals surface area contributed by atoms with Crippen molar-refractivity contribution >= 4 is 17.7 Å². The second-order valence-corrected chi connectivity index (χ2v) is 10.7. The summed E-state index contributed by atoms with van der Waals surface area (Å²) in [6, 6.07) is 15.0. The van der Waals surface area contributed by atoms with Gasteiger partial charge in [0.05, 0.1) is 20.2 Å². The number of halogens is 1. The molecular formula is C31H30FN7O6. The van der Waals surface area contributed by atoms with Crippen molar-refractivity contribution in [3.63, 3.8) is 0 Å². The average molecular weight is 616 g/mol. The quantitative estimate of drug-likeness (QED) is 0.353. The summed E-state index contributed by atoms with van der Waals surface area (Å²) in [5, 5.41) is 17.7. The molecule has 3 aromatic carbocycles. The van der Waals surface area contributed by atoms with E-state index in [0.717, 1.165) is 0 Å². The van der Waals surface area contributed by atoms with Crippen molar-refractivity contribution in [2.24, 2.45) is 7.05 Å². The molecule has 1 fully saturated rings. The van der Waals surface area contributed by atoms with Gasteiger partial charge >= 0.3 is 0 Å². The molecule has 0 aliphatic carbocycles. The minimum Gasteiger partial charge on any atom is -0.493 e.